The number of carboxylic acid groups (broad SMARTS) is 1. The number of benzene rings is 1. The second-order valence-electron chi connectivity index (χ2n) is 6.53. The van der Waals surface area contributed by atoms with Crippen molar-refractivity contribution in [3.63, 3.8) is 0 Å². The third-order valence-electron chi connectivity index (χ3n) is 4.61. The maximum atomic E-state index is 12.6. The molecule has 2 heterocycles. The van der Waals surface area contributed by atoms with Gasteiger partial charge in [-0.3, -0.25) is 19.2 Å². The predicted molar refractivity (Wildman–Crippen MR) is 98.7 cm³/mol. The van der Waals surface area contributed by atoms with Gasteiger partial charge in [0.15, 0.2) is 0 Å². The zero-order chi connectivity index (χ0) is 19.2. The zero-order valence-corrected chi connectivity index (χ0v) is 15.4. The van der Waals surface area contributed by atoms with Crippen LogP contribution in [0.3, 0.4) is 0 Å². The minimum atomic E-state index is -0.884. The van der Waals surface area contributed by atoms with Gasteiger partial charge in [0.05, 0.1) is 20.1 Å². The van der Waals surface area contributed by atoms with Crippen LogP contribution < -0.4 is 4.74 Å². The maximum Gasteiger partial charge on any atom is 0.305 e. The highest BCUT2D eigenvalue weighted by molar-refractivity contribution is 5.92. The van der Waals surface area contributed by atoms with Crippen molar-refractivity contribution in [1.29, 1.82) is 0 Å². The quantitative estimate of drug-likeness (QED) is 0.789. The molecule has 0 atom stereocenters. The Balaban J connectivity index is 1.51. The molecule has 0 bridgehead atoms. The standard InChI is InChI=1S/C19H24N4O4/c1-27-16-4-2-3-15(13-16)14-21-9-11-22(12-10-21)19(26)17-5-7-23(20-17)8-6-18(24)25/h2-5,7,13H,6,8-12,14H2,1H3,(H,24,25). The molecule has 0 saturated carbocycles. The highest BCUT2D eigenvalue weighted by atomic mass is 16.5. The van der Waals surface area contributed by atoms with E-state index in [4.69, 9.17) is 9.84 Å². The van der Waals surface area contributed by atoms with Crippen LogP contribution in [0.25, 0.3) is 0 Å². The number of ether oxygens (including phenoxy) is 1. The maximum absolute atomic E-state index is 12.6. The number of aromatic nitrogens is 2. The number of aryl methyl sites for hydroxylation is 1. The molecule has 1 amide bonds. The van der Waals surface area contributed by atoms with E-state index >= 15 is 0 Å². The van der Waals surface area contributed by atoms with Gasteiger partial charge in [0.1, 0.15) is 11.4 Å². The van der Waals surface area contributed by atoms with Gasteiger partial charge in [0.2, 0.25) is 0 Å². The summed E-state index contributed by atoms with van der Waals surface area (Å²) < 4.78 is 6.76. The summed E-state index contributed by atoms with van der Waals surface area (Å²) in [7, 11) is 1.66. The van der Waals surface area contributed by atoms with Crippen molar-refractivity contribution >= 4 is 11.9 Å². The second kappa shape index (κ2) is 8.68. The third-order valence-corrected chi connectivity index (χ3v) is 4.61. The molecule has 0 spiro atoms. The van der Waals surface area contributed by atoms with Crippen LogP contribution in [0.5, 0.6) is 5.75 Å². The molecule has 1 fully saturated rings. The Kier molecular flexibility index (Phi) is 6.08. The number of rotatable bonds is 7. The largest absolute Gasteiger partial charge is 0.497 e. The predicted octanol–water partition coefficient (Wildman–Crippen LogP) is 1.32. The minimum absolute atomic E-state index is 0.0156. The van der Waals surface area contributed by atoms with E-state index in [0.29, 0.717) is 18.8 Å². The molecular formula is C19H24N4O4. The van der Waals surface area contributed by atoms with Gasteiger partial charge in [-0.2, -0.15) is 5.10 Å². The molecule has 1 saturated heterocycles. The third kappa shape index (κ3) is 5.07. The first-order valence-corrected chi connectivity index (χ1v) is 8.95. The zero-order valence-electron chi connectivity index (χ0n) is 15.4. The lowest BCUT2D eigenvalue weighted by Gasteiger charge is -2.34. The Bertz CT molecular complexity index is 797. The molecule has 0 radical (unpaired) electrons. The second-order valence-corrected chi connectivity index (χ2v) is 6.53. The van der Waals surface area contributed by atoms with Crippen LogP contribution in [0.2, 0.25) is 0 Å². The molecule has 1 N–H and O–H groups in total. The monoisotopic (exact) mass is 372 g/mol. The van der Waals surface area contributed by atoms with Gasteiger partial charge in [-0.25, -0.2) is 0 Å². The topological polar surface area (TPSA) is 87.9 Å². The molecule has 2 aromatic rings. The first kappa shape index (κ1) is 18.9. The summed E-state index contributed by atoms with van der Waals surface area (Å²) in [5, 5.41) is 12.9. The van der Waals surface area contributed by atoms with Gasteiger partial charge in [-0.1, -0.05) is 12.1 Å². The number of carboxylic acids is 1. The fraction of sp³-hybridized carbons (Fsp3) is 0.421. The molecule has 8 nitrogen and oxygen atoms in total. The van der Waals surface area contributed by atoms with E-state index in [0.717, 1.165) is 25.4 Å². The Labute approximate surface area is 157 Å². The molecular weight excluding hydrogens is 348 g/mol. The van der Waals surface area contributed by atoms with Crippen LogP contribution >= 0.6 is 0 Å². The average Bonchev–Trinajstić information content (AvgIpc) is 3.15. The normalized spacial score (nSPS) is 14.9. The molecule has 1 aromatic heterocycles. The lowest BCUT2D eigenvalue weighted by atomic mass is 10.2. The van der Waals surface area contributed by atoms with Gasteiger partial charge in [-0.15, -0.1) is 0 Å². The van der Waals surface area contributed by atoms with Gasteiger partial charge in [0, 0.05) is 38.9 Å². The van der Waals surface area contributed by atoms with Crippen LogP contribution in [-0.2, 0) is 17.9 Å². The van der Waals surface area contributed by atoms with Crippen LogP contribution in [-0.4, -0.2) is 69.9 Å². The summed E-state index contributed by atoms with van der Waals surface area (Å²) in [5.74, 6) is -0.143. The first-order valence-electron chi connectivity index (χ1n) is 8.95. The summed E-state index contributed by atoms with van der Waals surface area (Å²) in [5.41, 5.74) is 1.55. The summed E-state index contributed by atoms with van der Waals surface area (Å²) in [6.07, 6.45) is 1.63. The van der Waals surface area contributed by atoms with Crippen molar-refractivity contribution in [3.05, 3.63) is 47.8 Å². The Morgan fingerprint density at radius 2 is 1.96 bits per heavy atom. The Morgan fingerprint density at radius 1 is 1.19 bits per heavy atom. The SMILES string of the molecule is COc1cccc(CN2CCN(C(=O)c3ccn(CCC(=O)O)n3)CC2)c1. The van der Waals surface area contributed by atoms with E-state index in [1.807, 2.05) is 18.2 Å². The molecule has 3 rings (SSSR count). The number of carbonyl (C=O) groups excluding carboxylic acids is 1. The Hall–Kier alpha value is -2.87. The first-order chi connectivity index (χ1) is 13.0. The highest BCUT2D eigenvalue weighted by Crippen LogP contribution is 2.16. The number of methoxy groups -OCH3 is 1. The summed E-state index contributed by atoms with van der Waals surface area (Å²) >= 11 is 0. The number of piperazine rings is 1. The number of nitrogens with zero attached hydrogens (tertiary/aromatic N) is 4. The van der Waals surface area contributed by atoms with Crippen molar-refractivity contribution < 1.29 is 19.4 Å². The summed E-state index contributed by atoms with van der Waals surface area (Å²) in [4.78, 5) is 27.3. The van der Waals surface area contributed by atoms with Gasteiger partial charge < -0.3 is 14.7 Å². The summed E-state index contributed by atoms with van der Waals surface area (Å²) in [6.45, 7) is 3.96. The van der Waals surface area contributed by atoms with Crippen LogP contribution in [0, 0.1) is 0 Å². The van der Waals surface area contributed by atoms with Crippen molar-refractivity contribution in [2.75, 3.05) is 33.3 Å². The molecule has 27 heavy (non-hydrogen) atoms. The van der Waals surface area contributed by atoms with Gasteiger partial charge in [0.25, 0.3) is 5.91 Å². The van der Waals surface area contributed by atoms with Crippen molar-refractivity contribution in [3.8, 4) is 5.75 Å². The molecule has 0 aliphatic carbocycles. The van der Waals surface area contributed by atoms with Crippen molar-refractivity contribution in [2.45, 2.75) is 19.5 Å². The Morgan fingerprint density at radius 3 is 2.67 bits per heavy atom. The molecule has 1 aliphatic heterocycles. The highest BCUT2D eigenvalue weighted by Gasteiger charge is 2.23. The van der Waals surface area contributed by atoms with Crippen LogP contribution in [0.1, 0.15) is 22.5 Å². The van der Waals surface area contributed by atoms with Crippen LogP contribution in [0.15, 0.2) is 36.5 Å². The van der Waals surface area contributed by atoms with E-state index < -0.39 is 5.97 Å². The fourth-order valence-corrected chi connectivity index (χ4v) is 3.11. The van der Waals surface area contributed by atoms with Crippen LogP contribution in [0.4, 0.5) is 0 Å². The van der Waals surface area contributed by atoms with Crippen molar-refractivity contribution in [2.24, 2.45) is 0 Å². The number of amides is 1. The molecule has 1 aromatic carbocycles. The van der Waals surface area contributed by atoms with Gasteiger partial charge in [-0.05, 0) is 23.8 Å². The lowest BCUT2D eigenvalue weighted by molar-refractivity contribution is -0.137. The summed E-state index contributed by atoms with van der Waals surface area (Å²) in [6, 6.07) is 9.65. The number of hydrogen-bond acceptors (Lipinski definition) is 5. The fourth-order valence-electron chi connectivity index (χ4n) is 3.11. The molecule has 144 valence electrons. The molecule has 8 heteroatoms. The molecule has 0 unspecified atom stereocenters. The molecule has 1 aliphatic rings. The van der Waals surface area contributed by atoms with E-state index in [9.17, 15) is 9.59 Å². The lowest BCUT2D eigenvalue weighted by Crippen LogP contribution is -2.48. The average molecular weight is 372 g/mol. The number of carbonyl (C=O) groups is 2. The smallest absolute Gasteiger partial charge is 0.305 e. The van der Waals surface area contributed by atoms with E-state index in [1.54, 1.807) is 24.3 Å². The van der Waals surface area contributed by atoms with E-state index in [1.165, 1.54) is 10.2 Å². The number of aliphatic carboxylic acids is 1. The van der Waals surface area contributed by atoms with E-state index in [2.05, 4.69) is 16.1 Å². The number of hydrogen-bond donors (Lipinski definition) is 1. The van der Waals surface area contributed by atoms with Gasteiger partial charge >= 0.3 is 5.97 Å². The van der Waals surface area contributed by atoms with E-state index in [-0.39, 0.29) is 18.9 Å². The van der Waals surface area contributed by atoms with Crippen molar-refractivity contribution in [1.82, 2.24) is 19.6 Å². The minimum Gasteiger partial charge on any atom is -0.497 e.